The molecule has 0 aliphatic heterocycles. The molecule has 2 unspecified atom stereocenters. The van der Waals surface area contributed by atoms with Gasteiger partial charge >= 0.3 is 0 Å². The molecule has 0 radical (unpaired) electrons. The number of benzene rings is 1. The lowest BCUT2D eigenvalue weighted by atomic mass is 9.92. The second-order valence-corrected chi connectivity index (χ2v) is 8.28. The number of aliphatic hydroxyl groups excluding tert-OH is 1. The molecule has 1 saturated carbocycles. The first-order chi connectivity index (χ1) is 16.0. The van der Waals surface area contributed by atoms with Crippen molar-refractivity contribution in [1.29, 1.82) is 0 Å². The molecule has 2 heterocycles. The van der Waals surface area contributed by atoms with Crippen LogP contribution in [-0.2, 0) is 13.1 Å². The van der Waals surface area contributed by atoms with E-state index in [4.69, 9.17) is 9.47 Å². The van der Waals surface area contributed by atoms with Crippen molar-refractivity contribution in [3.63, 3.8) is 0 Å². The van der Waals surface area contributed by atoms with Gasteiger partial charge in [-0.15, -0.1) is 0 Å². The van der Waals surface area contributed by atoms with E-state index in [0.29, 0.717) is 42.3 Å². The van der Waals surface area contributed by atoms with Crippen molar-refractivity contribution in [3.8, 4) is 11.5 Å². The molecule has 4 rings (SSSR count). The number of pyridine rings is 1. The van der Waals surface area contributed by atoms with Crippen LogP contribution in [0.25, 0.3) is 11.0 Å². The van der Waals surface area contributed by atoms with E-state index in [-0.39, 0.29) is 18.1 Å². The molecule has 3 N–H and O–H groups in total. The second-order valence-electron chi connectivity index (χ2n) is 8.28. The Morgan fingerprint density at radius 2 is 2.03 bits per heavy atom. The summed E-state index contributed by atoms with van der Waals surface area (Å²) in [4.78, 5) is 17.7. The van der Waals surface area contributed by atoms with E-state index in [1.807, 2.05) is 29.8 Å². The van der Waals surface area contributed by atoms with Gasteiger partial charge in [-0.3, -0.25) is 4.79 Å². The number of amides is 1. The quantitative estimate of drug-likeness (QED) is 0.481. The number of nitrogens with zero attached hydrogens (tertiary/aromatic N) is 3. The molecule has 0 spiro atoms. The fourth-order valence-corrected chi connectivity index (χ4v) is 4.35. The van der Waals surface area contributed by atoms with Gasteiger partial charge in [-0.25, -0.2) is 9.67 Å². The van der Waals surface area contributed by atoms with E-state index in [1.54, 1.807) is 26.6 Å². The second kappa shape index (κ2) is 10.1. The van der Waals surface area contributed by atoms with Crippen molar-refractivity contribution < 1.29 is 19.4 Å². The van der Waals surface area contributed by atoms with Crippen molar-refractivity contribution in [2.24, 2.45) is 0 Å². The molecule has 1 aliphatic rings. The number of methoxy groups -OCH3 is 2. The number of aryl methyl sites for hydroxylation is 1. The minimum absolute atomic E-state index is 0.0849. The maximum atomic E-state index is 13.2. The third-order valence-electron chi connectivity index (χ3n) is 6.11. The number of hydrogen-bond donors (Lipinski definition) is 3. The van der Waals surface area contributed by atoms with Gasteiger partial charge in [0, 0.05) is 25.3 Å². The number of carbonyl (C=O) groups excluding carboxylic acids is 1. The lowest BCUT2D eigenvalue weighted by Crippen LogP contribution is -2.31. The number of carbonyl (C=O) groups is 1. The molecule has 33 heavy (non-hydrogen) atoms. The molecule has 2 aromatic heterocycles. The van der Waals surface area contributed by atoms with Crippen LogP contribution in [0.15, 0.2) is 30.6 Å². The highest BCUT2D eigenvalue weighted by atomic mass is 16.5. The summed E-state index contributed by atoms with van der Waals surface area (Å²) < 4.78 is 12.4. The SMILES string of the molecule is CCn1ncc2c(NC3CCCC(O)C3)c(C(=O)NCc3ccc(OC)c(OC)c3)cnc21. The number of nitrogens with one attached hydrogen (secondary N) is 2. The summed E-state index contributed by atoms with van der Waals surface area (Å²) in [6.45, 7) is 3.01. The van der Waals surface area contributed by atoms with E-state index >= 15 is 0 Å². The van der Waals surface area contributed by atoms with Gasteiger partial charge in [0.1, 0.15) is 0 Å². The summed E-state index contributed by atoms with van der Waals surface area (Å²) >= 11 is 0. The van der Waals surface area contributed by atoms with Crippen LogP contribution in [0.4, 0.5) is 5.69 Å². The van der Waals surface area contributed by atoms with Gasteiger partial charge in [0.2, 0.25) is 0 Å². The maximum absolute atomic E-state index is 13.2. The standard InChI is InChI=1S/C24H31N5O4/c1-4-29-23-18(14-27-29)22(28-16-6-5-7-17(30)11-16)19(13-25-23)24(31)26-12-15-8-9-20(32-2)21(10-15)33-3/h8-10,13-14,16-17,30H,4-7,11-12H2,1-3H3,(H,25,28)(H,26,31). The molecule has 9 heteroatoms. The first kappa shape index (κ1) is 22.8. The first-order valence-electron chi connectivity index (χ1n) is 11.3. The molecule has 1 fully saturated rings. The van der Waals surface area contributed by atoms with Gasteiger partial charge < -0.3 is 25.2 Å². The highest BCUT2D eigenvalue weighted by Crippen LogP contribution is 2.31. The Morgan fingerprint density at radius 1 is 1.21 bits per heavy atom. The van der Waals surface area contributed by atoms with E-state index in [0.717, 1.165) is 35.9 Å². The molecule has 3 aromatic rings. The van der Waals surface area contributed by atoms with Crippen LogP contribution in [0, 0.1) is 0 Å². The molecule has 0 saturated heterocycles. The van der Waals surface area contributed by atoms with Crippen molar-refractivity contribution >= 4 is 22.6 Å². The summed E-state index contributed by atoms with van der Waals surface area (Å²) in [5.74, 6) is 1.01. The fraction of sp³-hybridized carbons (Fsp3) is 0.458. The Morgan fingerprint density at radius 3 is 2.76 bits per heavy atom. The molecule has 176 valence electrons. The van der Waals surface area contributed by atoms with Crippen LogP contribution < -0.4 is 20.1 Å². The molecule has 0 bridgehead atoms. The Bertz CT molecular complexity index is 1130. The molecule has 9 nitrogen and oxygen atoms in total. The van der Waals surface area contributed by atoms with Crippen LogP contribution in [-0.4, -0.2) is 52.1 Å². The zero-order chi connectivity index (χ0) is 23.4. The van der Waals surface area contributed by atoms with Gasteiger partial charge in [-0.2, -0.15) is 5.10 Å². The van der Waals surface area contributed by atoms with Gasteiger partial charge in [0.15, 0.2) is 17.1 Å². The summed E-state index contributed by atoms with van der Waals surface area (Å²) in [5, 5.41) is 21.8. The lowest BCUT2D eigenvalue weighted by Gasteiger charge is -2.28. The van der Waals surface area contributed by atoms with Crippen LogP contribution >= 0.6 is 0 Å². The maximum Gasteiger partial charge on any atom is 0.255 e. The van der Waals surface area contributed by atoms with Gasteiger partial charge in [0.25, 0.3) is 5.91 Å². The van der Waals surface area contributed by atoms with Crippen molar-refractivity contribution in [1.82, 2.24) is 20.1 Å². The fourth-order valence-electron chi connectivity index (χ4n) is 4.35. The molecular weight excluding hydrogens is 422 g/mol. The first-order valence-corrected chi connectivity index (χ1v) is 11.3. The Balaban J connectivity index is 1.60. The van der Waals surface area contributed by atoms with Gasteiger partial charge in [0.05, 0.1) is 43.2 Å². The zero-order valence-corrected chi connectivity index (χ0v) is 19.3. The van der Waals surface area contributed by atoms with Crippen LogP contribution in [0.5, 0.6) is 11.5 Å². The lowest BCUT2D eigenvalue weighted by molar-refractivity contribution is 0.0951. The normalized spacial score (nSPS) is 18.2. The summed E-state index contributed by atoms with van der Waals surface area (Å²) in [6, 6.07) is 5.63. The van der Waals surface area contributed by atoms with E-state index < -0.39 is 0 Å². The van der Waals surface area contributed by atoms with Crippen molar-refractivity contribution in [2.75, 3.05) is 19.5 Å². The summed E-state index contributed by atoms with van der Waals surface area (Å²) in [5.41, 5.74) is 2.79. The Labute approximate surface area is 193 Å². The molecule has 1 aromatic carbocycles. The highest BCUT2D eigenvalue weighted by molar-refractivity contribution is 6.06. The monoisotopic (exact) mass is 453 g/mol. The number of aromatic nitrogens is 3. The van der Waals surface area contributed by atoms with Gasteiger partial charge in [-0.1, -0.05) is 6.07 Å². The largest absolute Gasteiger partial charge is 0.493 e. The molecule has 2 atom stereocenters. The number of ether oxygens (including phenoxy) is 2. The minimum Gasteiger partial charge on any atom is -0.493 e. The predicted molar refractivity (Wildman–Crippen MR) is 126 cm³/mol. The minimum atomic E-state index is -0.325. The average molecular weight is 454 g/mol. The van der Waals surface area contributed by atoms with Crippen LogP contribution in [0.2, 0.25) is 0 Å². The number of hydrogen-bond acceptors (Lipinski definition) is 7. The van der Waals surface area contributed by atoms with Crippen LogP contribution in [0.3, 0.4) is 0 Å². The molecule has 1 aliphatic carbocycles. The van der Waals surface area contributed by atoms with Gasteiger partial charge in [-0.05, 0) is 50.3 Å². The topological polar surface area (TPSA) is 111 Å². The van der Waals surface area contributed by atoms with Crippen molar-refractivity contribution in [2.45, 2.75) is 57.8 Å². The van der Waals surface area contributed by atoms with E-state index in [1.165, 1.54) is 0 Å². The molecular formula is C24H31N5O4. The van der Waals surface area contributed by atoms with Crippen molar-refractivity contribution in [3.05, 3.63) is 41.7 Å². The number of rotatable bonds is 8. The third kappa shape index (κ3) is 4.88. The number of anilines is 1. The summed E-state index contributed by atoms with van der Waals surface area (Å²) in [7, 11) is 3.17. The van der Waals surface area contributed by atoms with E-state index in [9.17, 15) is 9.90 Å². The van der Waals surface area contributed by atoms with E-state index in [2.05, 4.69) is 20.7 Å². The molecule has 1 amide bonds. The average Bonchev–Trinajstić information content (AvgIpc) is 3.26. The number of aliphatic hydroxyl groups is 1. The Kier molecular flexibility index (Phi) is 6.98. The zero-order valence-electron chi connectivity index (χ0n) is 19.3. The predicted octanol–water partition coefficient (Wildman–Crippen LogP) is 3.11. The Hall–Kier alpha value is -3.33. The number of fused-ring (bicyclic) bond motifs is 1. The highest BCUT2D eigenvalue weighted by Gasteiger charge is 2.24. The summed E-state index contributed by atoms with van der Waals surface area (Å²) in [6.07, 6.45) is 6.38. The smallest absolute Gasteiger partial charge is 0.255 e. The van der Waals surface area contributed by atoms with Crippen LogP contribution in [0.1, 0.15) is 48.5 Å². The third-order valence-corrected chi connectivity index (χ3v) is 6.11.